The van der Waals surface area contributed by atoms with Crippen LogP contribution in [-0.2, 0) is 11.2 Å². The number of rotatable bonds is 11. The molecular formula is C23H22ClFN4O5. The van der Waals surface area contributed by atoms with Gasteiger partial charge >= 0.3 is 5.97 Å². The number of carbonyl (C=O) groups excluding carboxylic acids is 1. The lowest BCUT2D eigenvalue weighted by atomic mass is 9.97. The number of nitrogens with one attached hydrogen (secondary N) is 1. The van der Waals surface area contributed by atoms with E-state index in [1.54, 1.807) is 24.3 Å². The Labute approximate surface area is 199 Å². The third kappa shape index (κ3) is 6.63. The van der Waals surface area contributed by atoms with Crippen LogP contribution in [-0.4, -0.2) is 56.0 Å². The summed E-state index contributed by atoms with van der Waals surface area (Å²) in [4.78, 5) is 29.9. The zero-order chi connectivity index (χ0) is 24.7. The van der Waals surface area contributed by atoms with Gasteiger partial charge in [0.25, 0.3) is 5.91 Å². The fraction of sp³-hybridized carbons (Fsp3) is 0.217. The number of benzene rings is 2. The number of carbonyl (C=O) groups is 2. The number of amides is 1. The molecule has 1 heterocycles. The van der Waals surface area contributed by atoms with Gasteiger partial charge in [-0.1, -0.05) is 53.4 Å². The van der Waals surface area contributed by atoms with E-state index in [0.717, 1.165) is 10.4 Å². The summed E-state index contributed by atoms with van der Waals surface area (Å²) in [7, 11) is 0. The second kappa shape index (κ2) is 11.4. The average Bonchev–Trinajstić information content (AvgIpc) is 3.29. The van der Waals surface area contributed by atoms with E-state index < -0.39 is 29.8 Å². The SMILES string of the molecule is C=CCOn1cc(C(=O)N[C@H](Cc2ccc(-c3cc(Cl)ccc3F)cc2)C[C@@H](O)C(=O)O)nn1. The topological polar surface area (TPSA) is 127 Å². The standard InChI is InChI=1S/C23H22ClFN4O5/c1-2-9-34-29-13-20(27-28-29)22(31)26-17(12-21(30)23(32)33)10-14-3-5-15(6-4-14)18-11-16(24)7-8-19(18)25/h2-8,11,13,17,21,30H,1,9-10,12H2,(H,26,31)(H,32,33)/t17-,21-/m1/s1. The van der Waals surface area contributed by atoms with Crippen LogP contribution in [0.2, 0.25) is 5.02 Å². The summed E-state index contributed by atoms with van der Waals surface area (Å²) in [6, 6.07) is 10.3. The van der Waals surface area contributed by atoms with Crippen molar-refractivity contribution >= 4 is 23.5 Å². The Kier molecular flexibility index (Phi) is 8.34. The highest BCUT2D eigenvalue weighted by Gasteiger charge is 2.23. The normalized spacial score (nSPS) is 12.6. The third-order valence-electron chi connectivity index (χ3n) is 4.83. The van der Waals surface area contributed by atoms with Gasteiger partial charge in [0.1, 0.15) is 18.6 Å². The molecule has 0 aliphatic rings. The van der Waals surface area contributed by atoms with E-state index in [1.165, 1.54) is 30.5 Å². The van der Waals surface area contributed by atoms with Crippen molar-refractivity contribution in [3.8, 4) is 11.1 Å². The highest BCUT2D eigenvalue weighted by molar-refractivity contribution is 6.30. The minimum Gasteiger partial charge on any atom is -0.479 e. The molecule has 1 aromatic heterocycles. The van der Waals surface area contributed by atoms with Crippen LogP contribution in [0.5, 0.6) is 0 Å². The van der Waals surface area contributed by atoms with Crippen molar-refractivity contribution in [1.29, 1.82) is 0 Å². The summed E-state index contributed by atoms with van der Waals surface area (Å²) >= 11 is 5.96. The molecule has 0 saturated heterocycles. The molecular weight excluding hydrogens is 467 g/mol. The van der Waals surface area contributed by atoms with Crippen LogP contribution >= 0.6 is 11.6 Å². The first-order valence-electron chi connectivity index (χ1n) is 10.2. The summed E-state index contributed by atoms with van der Waals surface area (Å²) in [6.07, 6.45) is 1.04. The van der Waals surface area contributed by atoms with Crippen molar-refractivity contribution in [2.45, 2.75) is 25.0 Å². The Morgan fingerprint density at radius 1 is 1.26 bits per heavy atom. The van der Waals surface area contributed by atoms with Crippen LogP contribution in [0.1, 0.15) is 22.5 Å². The van der Waals surface area contributed by atoms with Crippen LogP contribution in [0.25, 0.3) is 11.1 Å². The van der Waals surface area contributed by atoms with E-state index in [0.29, 0.717) is 16.1 Å². The highest BCUT2D eigenvalue weighted by atomic mass is 35.5. The van der Waals surface area contributed by atoms with E-state index in [1.807, 2.05) is 0 Å². The van der Waals surface area contributed by atoms with Crippen LogP contribution in [0.3, 0.4) is 0 Å². The number of aliphatic hydroxyl groups is 1. The lowest BCUT2D eigenvalue weighted by Crippen LogP contribution is -2.40. The van der Waals surface area contributed by atoms with Gasteiger partial charge in [0.05, 0.1) is 0 Å². The molecule has 0 unspecified atom stereocenters. The van der Waals surface area contributed by atoms with Crippen LogP contribution < -0.4 is 10.2 Å². The quantitative estimate of drug-likeness (QED) is 0.354. The van der Waals surface area contributed by atoms with Crippen LogP contribution in [0.4, 0.5) is 4.39 Å². The Morgan fingerprint density at radius 2 is 2.00 bits per heavy atom. The van der Waals surface area contributed by atoms with Crippen LogP contribution in [0, 0.1) is 5.82 Å². The molecule has 0 radical (unpaired) electrons. The number of aliphatic hydroxyl groups excluding tert-OH is 1. The largest absolute Gasteiger partial charge is 0.479 e. The Bertz CT molecular complexity index is 1170. The molecule has 0 aliphatic carbocycles. The molecule has 0 bridgehead atoms. The fourth-order valence-corrected chi connectivity index (χ4v) is 3.36. The maximum Gasteiger partial charge on any atom is 0.332 e. The van der Waals surface area contributed by atoms with Gasteiger partial charge in [0, 0.05) is 23.0 Å². The summed E-state index contributed by atoms with van der Waals surface area (Å²) in [5.41, 5.74) is 1.62. The van der Waals surface area contributed by atoms with Crippen molar-refractivity contribution in [2.24, 2.45) is 0 Å². The van der Waals surface area contributed by atoms with Crippen molar-refractivity contribution in [3.05, 3.63) is 83.4 Å². The van der Waals surface area contributed by atoms with Gasteiger partial charge in [-0.25, -0.2) is 9.18 Å². The van der Waals surface area contributed by atoms with E-state index in [-0.39, 0.29) is 25.1 Å². The van der Waals surface area contributed by atoms with E-state index in [2.05, 4.69) is 22.2 Å². The van der Waals surface area contributed by atoms with E-state index >= 15 is 0 Å². The predicted molar refractivity (Wildman–Crippen MR) is 122 cm³/mol. The van der Waals surface area contributed by atoms with Gasteiger partial charge in [-0.2, -0.15) is 0 Å². The second-order valence-corrected chi connectivity index (χ2v) is 7.81. The maximum absolute atomic E-state index is 14.1. The lowest BCUT2D eigenvalue weighted by molar-refractivity contribution is -0.147. The third-order valence-corrected chi connectivity index (χ3v) is 5.07. The summed E-state index contributed by atoms with van der Waals surface area (Å²) in [5.74, 6) is -2.44. The smallest absolute Gasteiger partial charge is 0.332 e. The Hall–Kier alpha value is -3.76. The molecule has 34 heavy (non-hydrogen) atoms. The zero-order valence-corrected chi connectivity index (χ0v) is 18.7. The number of hydrogen-bond donors (Lipinski definition) is 3. The monoisotopic (exact) mass is 488 g/mol. The average molecular weight is 489 g/mol. The molecule has 9 nitrogen and oxygen atoms in total. The number of carboxylic acids is 1. The molecule has 3 aromatic rings. The van der Waals surface area contributed by atoms with Gasteiger partial charge in [0.15, 0.2) is 11.8 Å². The van der Waals surface area contributed by atoms with Gasteiger partial charge in [0.2, 0.25) is 0 Å². The fourth-order valence-electron chi connectivity index (χ4n) is 3.19. The molecule has 11 heteroatoms. The van der Waals surface area contributed by atoms with Gasteiger partial charge in [-0.05, 0) is 41.0 Å². The molecule has 0 fully saturated rings. The molecule has 3 N–H and O–H groups in total. The number of nitrogens with zero attached hydrogens (tertiary/aromatic N) is 3. The molecule has 178 valence electrons. The predicted octanol–water partition coefficient (Wildman–Crippen LogP) is 2.53. The van der Waals surface area contributed by atoms with Crippen molar-refractivity contribution in [1.82, 2.24) is 20.5 Å². The number of halogens is 2. The van der Waals surface area contributed by atoms with Gasteiger partial charge in [-0.15, -0.1) is 5.10 Å². The molecule has 0 saturated carbocycles. The first-order chi connectivity index (χ1) is 16.3. The zero-order valence-electron chi connectivity index (χ0n) is 17.9. The molecule has 2 aromatic carbocycles. The number of carboxylic acid groups (broad SMARTS) is 1. The molecule has 3 rings (SSSR count). The number of hydrogen-bond acceptors (Lipinski definition) is 6. The highest BCUT2D eigenvalue weighted by Crippen LogP contribution is 2.26. The second-order valence-electron chi connectivity index (χ2n) is 7.38. The Morgan fingerprint density at radius 3 is 2.68 bits per heavy atom. The Balaban J connectivity index is 1.74. The first-order valence-corrected chi connectivity index (χ1v) is 10.6. The maximum atomic E-state index is 14.1. The molecule has 0 aliphatic heterocycles. The van der Waals surface area contributed by atoms with Crippen molar-refractivity contribution < 1.29 is 29.0 Å². The van der Waals surface area contributed by atoms with Crippen molar-refractivity contribution in [2.75, 3.05) is 6.61 Å². The lowest BCUT2D eigenvalue weighted by Gasteiger charge is -2.20. The van der Waals surface area contributed by atoms with E-state index in [4.69, 9.17) is 21.5 Å². The summed E-state index contributed by atoms with van der Waals surface area (Å²) in [6.45, 7) is 3.67. The van der Waals surface area contributed by atoms with Crippen LogP contribution in [0.15, 0.2) is 61.3 Å². The first kappa shape index (κ1) is 24.9. The van der Waals surface area contributed by atoms with Crippen molar-refractivity contribution in [3.63, 3.8) is 0 Å². The molecule has 0 spiro atoms. The van der Waals surface area contributed by atoms with E-state index in [9.17, 15) is 19.1 Å². The number of aliphatic carboxylic acids is 1. The van der Waals surface area contributed by atoms with Gasteiger partial charge in [-0.3, -0.25) is 4.79 Å². The minimum atomic E-state index is -1.68. The summed E-state index contributed by atoms with van der Waals surface area (Å²) < 4.78 is 14.1. The number of aromatic nitrogens is 3. The molecule has 2 atom stereocenters. The minimum absolute atomic E-state index is 0.0503. The molecule has 1 amide bonds. The van der Waals surface area contributed by atoms with Gasteiger partial charge < -0.3 is 20.4 Å². The summed E-state index contributed by atoms with van der Waals surface area (Å²) in [5, 5.41) is 29.4.